The van der Waals surface area contributed by atoms with Gasteiger partial charge in [-0.15, -0.1) is 0 Å². The Morgan fingerprint density at radius 3 is 2.42 bits per heavy atom. The molecule has 2 aromatic heterocycles. The first-order chi connectivity index (χ1) is 12.5. The van der Waals surface area contributed by atoms with E-state index in [1.807, 2.05) is 24.3 Å². The second kappa shape index (κ2) is 5.30. The molecule has 4 aromatic rings. The number of rotatable bonds is 1. The van der Waals surface area contributed by atoms with E-state index >= 15 is 0 Å². The molecule has 5 rings (SSSR count). The highest BCUT2D eigenvalue weighted by molar-refractivity contribution is 6.04. The second-order valence-electron chi connectivity index (χ2n) is 6.63. The molecule has 0 spiro atoms. The summed E-state index contributed by atoms with van der Waals surface area (Å²) in [7, 11) is 0. The summed E-state index contributed by atoms with van der Waals surface area (Å²) in [5, 5.41) is 6.09. The zero-order chi connectivity index (χ0) is 17.9. The Morgan fingerprint density at radius 2 is 1.65 bits per heavy atom. The first-order valence-corrected chi connectivity index (χ1v) is 8.34. The molecule has 1 unspecified atom stereocenters. The lowest BCUT2D eigenvalue weighted by molar-refractivity contribution is -0.137. The number of para-hydroxylation sites is 1. The zero-order valence-electron chi connectivity index (χ0n) is 13.5. The second-order valence-corrected chi connectivity index (χ2v) is 6.63. The van der Waals surface area contributed by atoms with E-state index in [4.69, 9.17) is 9.51 Å². The molecule has 0 saturated carbocycles. The fourth-order valence-electron chi connectivity index (χ4n) is 3.77. The van der Waals surface area contributed by atoms with Gasteiger partial charge < -0.3 is 4.52 Å². The summed E-state index contributed by atoms with van der Waals surface area (Å²) in [5.41, 5.74) is 3.52. The molecule has 1 atom stereocenters. The summed E-state index contributed by atoms with van der Waals surface area (Å²) in [6, 6.07) is 13.1. The van der Waals surface area contributed by atoms with Gasteiger partial charge in [0.05, 0.1) is 27.9 Å². The van der Waals surface area contributed by atoms with Crippen LogP contribution in [0.15, 0.2) is 53.1 Å². The van der Waals surface area contributed by atoms with Crippen LogP contribution in [0.1, 0.15) is 28.4 Å². The molecule has 1 aliphatic carbocycles. The Bertz CT molecular complexity index is 1130. The van der Waals surface area contributed by atoms with Crippen molar-refractivity contribution >= 4 is 21.9 Å². The molecule has 0 bridgehead atoms. The molecular weight excluding hydrogens is 341 g/mol. The van der Waals surface area contributed by atoms with Gasteiger partial charge in [-0.05, 0) is 42.2 Å². The highest BCUT2D eigenvalue weighted by atomic mass is 19.4. The number of nitrogens with zero attached hydrogens (tertiary/aromatic N) is 2. The lowest BCUT2D eigenvalue weighted by Crippen LogP contribution is -2.14. The van der Waals surface area contributed by atoms with Crippen LogP contribution in [0.5, 0.6) is 0 Å². The molecule has 1 aliphatic rings. The first kappa shape index (κ1) is 15.4. The summed E-state index contributed by atoms with van der Waals surface area (Å²) in [5.74, 6) is 0.0340. The summed E-state index contributed by atoms with van der Waals surface area (Å²) in [4.78, 5) is 4.76. The molecule has 0 N–H and O–H groups in total. The van der Waals surface area contributed by atoms with Gasteiger partial charge in [-0.2, -0.15) is 13.2 Å². The van der Waals surface area contributed by atoms with Crippen LogP contribution in [-0.4, -0.2) is 10.1 Å². The number of pyridine rings is 1. The van der Waals surface area contributed by atoms with Gasteiger partial charge in [0, 0.05) is 11.8 Å². The quantitative estimate of drug-likeness (QED) is 0.467. The molecule has 26 heavy (non-hydrogen) atoms. The Kier molecular flexibility index (Phi) is 3.13. The van der Waals surface area contributed by atoms with E-state index < -0.39 is 11.7 Å². The van der Waals surface area contributed by atoms with Crippen LogP contribution in [0, 0.1) is 0 Å². The standard InChI is InChI=1S/C20H13F3N2O/c21-20(22,23)13-7-5-11(6-8-13)12-9-16-18-17(10-12)25-26-19(18)14-3-1-2-4-15(14)24-16/h1-8,12H,9-10H2. The molecule has 2 heterocycles. The smallest absolute Gasteiger partial charge is 0.355 e. The Labute approximate surface area is 146 Å². The van der Waals surface area contributed by atoms with Gasteiger partial charge in [0.25, 0.3) is 0 Å². The molecule has 0 saturated heterocycles. The predicted molar refractivity (Wildman–Crippen MR) is 90.9 cm³/mol. The average molecular weight is 354 g/mol. The molecular formula is C20H13F3N2O. The number of aromatic nitrogens is 2. The minimum Gasteiger partial charge on any atom is -0.355 e. The number of fused-ring (bicyclic) bond motifs is 2. The maximum atomic E-state index is 12.8. The predicted octanol–water partition coefficient (Wildman–Crippen LogP) is 5.28. The maximum absolute atomic E-state index is 12.8. The van der Waals surface area contributed by atoms with E-state index in [-0.39, 0.29) is 5.92 Å². The lowest BCUT2D eigenvalue weighted by Gasteiger charge is -2.21. The van der Waals surface area contributed by atoms with Crippen LogP contribution >= 0.6 is 0 Å². The summed E-state index contributed by atoms with van der Waals surface area (Å²) >= 11 is 0. The van der Waals surface area contributed by atoms with Gasteiger partial charge in [-0.3, -0.25) is 4.98 Å². The number of halogens is 3. The summed E-state index contributed by atoms with van der Waals surface area (Å²) in [6.07, 6.45) is -3.04. The van der Waals surface area contributed by atoms with Gasteiger partial charge in [0.1, 0.15) is 0 Å². The third-order valence-electron chi connectivity index (χ3n) is 5.04. The van der Waals surface area contributed by atoms with Crippen molar-refractivity contribution in [2.75, 3.05) is 0 Å². The van der Waals surface area contributed by atoms with Crippen molar-refractivity contribution in [2.45, 2.75) is 24.9 Å². The largest absolute Gasteiger partial charge is 0.416 e. The van der Waals surface area contributed by atoms with Crippen LogP contribution in [0.3, 0.4) is 0 Å². The monoisotopic (exact) mass is 354 g/mol. The molecule has 0 radical (unpaired) electrons. The van der Waals surface area contributed by atoms with Crippen molar-refractivity contribution in [1.82, 2.24) is 10.1 Å². The minimum absolute atomic E-state index is 0.0340. The molecule has 3 nitrogen and oxygen atoms in total. The normalized spacial score (nSPS) is 17.1. The first-order valence-electron chi connectivity index (χ1n) is 8.34. The Hall–Kier alpha value is -2.89. The van der Waals surface area contributed by atoms with E-state index in [1.54, 1.807) is 12.1 Å². The topological polar surface area (TPSA) is 38.9 Å². The molecule has 0 aliphatic heterocycles. The van der Waals surface area contributed by atoms with Crippen LogP contribution in [0.4, 0.5) is 13.2 Å². The number of hydrogen-bond acceptors (Lipinski definition) is 3. The van der Waals surface area contributed by atoms with E-state index in [1.165, 1.54) is 0 Å². The van der Waals surface area contributed by atoms with Crippen molar-refractivity contribution in [1.29, 1.82) is 0 Å². The SMILES string of the molecule is FC(F)(F)c1ccc(C2Cc3noc4c3c(nc3ccccc34)C2)cc1. The zero-order valence-corrected chi connectivity index (χ0v) is 13.5. The molecule has 0 amide bonds. The van der Waals surface area contributed by atoms with Crippen LogP contribution in [0.25, 0.3) is 21.9 Å². The molecule has 130 valence electrons. The van der Waals surface area contributed by atoms with Gasteiger partial charge in [0.15, 0.2) is 5.58 Å². The van der Waals surface area contributed by atoms with Gasteiger partial charge in [0.2, 0.25) is 0 Å². The van der Waals surface area contributed by atoms with Gasteiger partial charge >= 0.3 is 6.18 Å². The van der Waals surface area contributed by atoms with E-state index in [2.05, 4.69) is 5.16 Å². The van der Waals surface area contributed by atoms with E-state index in [0.29, 0.717) is 12.8 Å². The van der Waals surface area contributed by atoms with E-state index in [9.17, 15) is 13.2 Å². The molecule has 2 aromatic carbocycles. The summed E-state index contributed by atoms with van der Waals surface area (Å²) in [6.45, 7) is 0. The van der Waals surface area contributed by atoms with Crippen LogP contribution < -0.4 is 0 Å². The number of alkyl halides is 3. The third kappa shape index (κ3) is 2.29. The lowest BCUT2D eigenvalue weighted by atomic mass is 9.83. The minimum atomic E-state index is -4.32. The van der Waals surface area contributed by atoms with Crippen molar-refractivity contribution in [3.63, 3.8) is 0 Å². The van der Waals surface area contributed by atoms with Crippen molar-refractivity contribution < 1.29 is 17.7 Å². The third-order valence-corrected chi connectivity index (χ3v) is 5.04. The maximum Gasteiger partial charge on any atom is 0.416 e. The van der Waals surface area contributed by atoms with Crippen LogP contribution in [-0.2, 0) is 19.0 Å². The van der Waals surface area contributed by atoms with Crippen molar-refractivity contribution in [2.24, 2.45) is 0 Å². The average Bonchev–Trinajstić information content (AvgIpc) is 3.06. The molecule has 6 heteroatoms. The van der Waals surface area contributed by atoms with E-state index in [0.717, 1.165) is 51.0 Å². The molecule has 0 fully saturated rings. The highest BCUT2D eigenvalue weighted by Crippen LogP contribution is 2.39. The summed E-state index contributed by atoms with van der Waals surface area (Å²) < 4.78 is 43.9. The van der Waals surface area contributed by atoms with Gasteiger partial charge in [-0.1, -0.05) is 29.4 Å². The number of hydrogen-bond donors (Lipinski definition) is 0. The fourth-order valence-corrected chi connectivity index (χ4v) is 3.77. The van der Waals surface area contributed by atoms with Crippen LogP contribution in [0.2, 0.25) is 0 Å². The Balaban J connectivity index is 1.58. The van der Waals surface area contributed by atoms with Crippen molar-refractivity contribution in [3.8, 4) is 0 Å². The van der Waals surface area contributed by atoms with Crippen molar-refractivity contribution in [3.05, 3.63) is 71.0 Å². The highest BCUT2D eigenvalue weighted by Gasteiger charge is 2.31. The van der Waals surface area contributed by atoms with Gasteiger partial charge in [-0.25, -0.2) is 0 Å². The number of benzene rings is 2. The fraction of sp³-hybridized carbons (Fsp3) is 0.200. The Morgan fingerprint density at radius 1 is 0.923 bits per heavy atom.